The van der Waals surface area contributed by atoms with Crippen LogP contribution in [0.1, 0.15) is 32.8 Å². The molecule has 0 aliphatic carbocycles. The molecule has 0 aromatic heterocycles. The minimum atomic E-state index is -2.57. The lowest BCUT2D eigenvalue weighted by Gasteiger charge is -2.44. The van der Waals surface area contributed by atoms with E-state index in [1.54, 1.807) is 0 Å². The predicted molar refractivity (Wildman–Crippen MR) is 135 cm³/mol. The number of nitrogens with zero attached hydrogens (tertiary/aromatic N) is 1. The third-order valence-corrected chi connectivity index (χ3v) is 11.6. The zero-order valence-corrected chi connectivity index (χ0v) is 20.4. The Morgan fingerprint density at radius 1 is 0.844 bits per heavy atom. The van der Waals surface area contributed by atoms with Gasteiger partial charge in [0.2, 0.25) is 0 Å². The molecule has 0 bridgehead atoms. The van der Waals surface area contributed by atoms with Crippen LogP contribution in [0.5, 0.6) is 0 Å². The number of β-amino-alcohol motifs (C(OH)–C–C–N with tert-alkyl or cyclic N) is 1. The lowest BCUT2D eigenvalue weighted by atomic mass is 10.2. The Morgan fingerprint density at radius 3 is 1.84 bits per heavy atom. The van der Waals surface area contributed by atoms with Gasteiger partial charge in [-0.3, -0.25) is 4.90 Å². The molecule has 1 N–H and O–H groups in total. The van der Waals surface area contributed by atoms with Crippen molar-refractivity contribution < 1.29 is 9.53 Å². The quantitative estimate of drug-likeness (QED) is 0.553. The molecule has 1 aliphatic rings. The van der Waals surface area contributed by atoms with Crippen molar-refractivity contribution in [2.45, 2.75) is 50.9 Å². The molecule has 4 heteroatoms. The van der Waals surface area contributed by atoms with Crippen molar-refractivity contribution in [2.75, 3.05) is 13.2 Å². The Bertz CT molecular complexity index is 933. The van der Waals surface area contributed by atoms with Gasteiger partial charge in [0.1, 0.15) is 0 Å². The fraction of sp³-hybridized carbons (Fsp3) is 0.357. The van der Waals surface area contributed by atoms with E-state index in [4.69, 9.17) is 4.43 Å². The lowest BCUT2D eigenvalue weighted by molar-refractivity contribution is 0.155. The van der Waals surface area contributed by atoms with Crippen molar-refractivity contribution in [1.29, 1.82) is 0 Å². The molecule has 4 rings (SSSR count). The minimum Gasteiger partial charge on any atom is -0.406 e. The fourth-order valence-corrected chi connectivity index (χ4v) is 9.72. The van der Waals surface area contributed by atoms with Crippen molar-refractivity contribution in [1.82, 2.24) is 4.90 Å². The number of aliphatic hydroxyl groups is 1. The van der Waals surface area contributed by atoms with Gasteiger partial charge in [0, 0.05) is 19.1 Å². The largest absolute Gasteiger partial charge is 0.406 e. The molecule has 0 saturated carbocycles. The van der Waals surface area contributed by atoms with E-state index in [0.29, 0.717) is 13.2 Å². The van der Waals surface area contributed by atoms with Crippen LogP contribution in [0.3, 0.4) is 0 Å². The van der Waals surface area contributed by atoms with Crippen LogP contribution < -0.4 is 10.4 Å². The van der Waals surface area contributed by atoms with E-state index in [9.17, 15) is 5.11 Å². The summed E-state index contributed by atoms with van der Waals surface area (Å²) in [6, 6.07) is 32.3. The van der Waals surface area contributed by atoms with E-state index in [1.807, 2.05) is 6.07 Å². The Balaban J connectivity index is 1.65. The maximum Gasteiger partial charge on any atom is 0.261 e. The molecule has 1 aliphatic heterocycles. The van der Waals surface area contributed by atoms with Crippen molar-refractivity contribution in [3.8, 4) is 0 Å². The Hall–Kier alpha value is -2.24. The summed E-state index contributed by atoms with van der Waals surface area (Å²) in [5.74, 6) is 0. The van der Waals surface area contributed by atoms with Crippen LogP contribution >= 0.6 is 0 Å². The summed E-state index contributed by atoms with van der Waals surface area (Å²) in [5, 5.41) is 13.0. The molecule has 0 radical (unpaired) electrons. The highest BCUT2D eigenvalue weighted by Gasteiger charge is 2.50. The Labute approximate surface area is 193 Å². The molecule has 1 saturated heterocycles. The summed E-state index contributed by atoms with van der Waals surface area (Å²) >= 11 is 0. The third-order valence-electron chi connectivity index (χ3n) is 6.64. The average Bonchev–Trinajstić information content (AvgIpc) is 3.14. The molecule has 3 aromatic carbocycles. The molecular weight excluding hydrogens is 410 g/mol. The smallest absolute Gasteiger partial charge is 0.261 e. The number of aliphatic hydroxyl groups excluding tert-OH is 1. The van der Waals surface area contributed by atoms with Crippen LogP contribution in [-0.4, -0.2) is 43.6 Å². The topological polar surface area (TPSA) is 32.7 Å². The maximum atomic E-state index is 10.5. The molecule has 1 fully saturated rings. The predicted octanol–water partition coefficient (Wildman–Crippen LogP) is 4.20. The molecule has 32 heavy (non-hydrogen) atoms. The van der Waals surface area contributed by atoms with Crippen molar-refractivity contribution in [2.24, 2.45) is 0 Å². The second-order valence-electron chi connectivity index (χ2n) is 9.93. The van der Waals surface area contributed by atoms with Crippen LogP contribution in [0.4, 0.5) is 0 Å². The molecule has 3 aromatic rings. The molecule has 1 heterocycles. The van der Waals surface area contributed by atoms with Crippen LogP contribution in [0.25, 0.3) is 0 Å². The third kappa shape index (κ3) is 4.74. The van der Waals surface area contributed by atoms with Crippen LogP contribution in [0, 0.1) is 0 Å². The zero-order valence-electron chi connectivity index (χ0n) is 19.4. The Kier molecular flexibility index (Phi) is 6.96. The first-order valence-corrected chi connectivity index (χ1v) is 13.5. The molecule has 0 spiro atoms. The summed E-state index contributed by atoms with van der Waals surface area (Å²) < 4.78 is 7.15. The SMILES string of the molecule is CC(C)(C)[Si](OC[C@@H]1C[C@@H](O)CN1Cc1ccccc1)(c1ccccc1)c1ccccc1. The Morgan fingerprint density at radius 2 is 1.34 bits per heavy atom. The van der Waals surface area contributed by atoms with E-state index in [2.05, 4.69) is 111 Å². The molecule has 0 amide bonds. The number of benzene rings is 3. The zero-order chi connectivity index (χ0) is 22.6. The van der Waals surface area contributed by atoms with Crippen LogP contribution in [0.15, 0.2) is 91.0 Å². The van der Waals surface area contributed by atoms with E-state index in [1.165, 1.54) is 15.9 Å². The van der Waals surface area contributed by atoms with Crippen molar-refractivity contribution in [3.05, 3.63) is 96.6 Å². The number of hydrogen-bond donors (Lipinski definition) is 1. The van der Waals surface area contributed by atoms with Gasteiger partial charge in [-0.1, -0.05) is 112 Å². The molecule has 3 nitrogen and oxygen atoms in total. The lowest BCUT2D eigenvalue weighted by Crippen LogP contribution is -2.67. The van der Waals surface area contributed by atoms with E-state index in [0.717, 1.165) is 13.0 Å². The highest BCUT2D eigenvalue weighted by Crippen LogP contribution is 2.37. The first kappa shape index (κ1) is 22.9. The van der Waals surface area contributed by atoms with E-state index >= 15 is 0 Å². The minimum absolute atomic E-state index is 0.0445. The van der Waals surface area contributed by atoms with Gasteiger partial charge in [-0.25, -0.2) is 0 Å². The summed E-state index contributed by atoms with van der Waals surface area (Å²) in [4.78, 5) is 2.39. The van der Waals surface area contributed by atoms with E-state index in [-0.39, 0.29) is 17.2 Å². The summed E-state index contributed by atoms with van der Waals surface area (Å²) in [5.41, 5.74) is 1.28. The highest BCUT2D eigenvalue weighted by atomic mass is 28.4. The van der Waals surface area contributed by atoms with Gasteiger partial charge >= 0.3 is 0 Å². The number of hydrogen-bond acceptors (Lipinski definition) is 3. The standard InChI is InChI=1S/C28H35NO2Si/c1-28(2,3)32(26-15-9-5-10-16-26,27-17-11-6-12-18-27)31-22-24-19-25(30)21-29(24)20-23-13-7-4-8-14-23/h4-18,24-25,30H,19-22H2,1-3H3/t24-,25+/m0/s1. The monoisotopic (exact) mass is 445 g/mol. The summed E-state index contributed by atoms with van der Waals surface area (Å²) in [6.07, 6.45) is 0.455. The second-order valence-corrected chi connectivity index (χ2v) is 14.2. The van der Waals surface area contributed by atoms with Gasteiger partial charge < -0.3 is 9.53 Å². The van der Waals surface area contributed by atoms with Crippen molar-refractivity contribution >= 4 is 18.7 Å². The van der Waals surface area contributed by atoms with Crippen LogP contribution in [-0.2, 0) is 11.0 Å². The van der Waals surface area contributed by atoms with Gasteiger partial charge in [0.05, 0.1) is 12.7 Å². The highest BCUT2D eigenvalue weighted by molar-refractivity contribution is 6.99. The second kappa shape index (κ2) is 9.71. The molecule has 2 atom stereocenters. The fourth-order valence-electron chi connectivity index (χ4n) is 5.13. The van der Waals surface area contributed by atoms with E-state index < -0.39 is 8.32 Å². The average molecular weight is 446 g/mol. The van der Waals surface area contributed by atoms with Gasteiger partial charge in [-0.2, -0.15) is 0 Å². The van der Waals surface area contributed by atoms with Gasteiger partial charge in [0.25, 0.3) is 8.32 Å². The molecule has 168 valence electrons. The first-order valence-electron chi connectivity index (χ1n) is 11.6. The maximum absolute atomic E-state index is 10.5. The summed E-state index contributed by atoms with van der Waals surface area (Å²) in [6.45, 7) is 9.09. The molecule has 0 unspecified atom stereocenters. The normalized spacial score (nSPS) is 19.9. The van der Waals surface area contributed by atoms with Gasteiger partial charge in [-0.05, 0) is 27.4 Å². The van der Waals surface area contributed by atoms with Crippen LogP contribution in [0.2, 0.25) is 5.04 Å². The molecular formula is C28H35NO2Si. The number of likely N-dealkylation sites (tertiary alicyclic amines) is 1. The van der Waals surface area contributed by atoms with Crippen molar-refractivity contribution in [3.63, 3.8) is 0 Å². The number of rotatable bonds is 7. The first-order chi connectivity index (χ1) is 15.4. The van der Waals surface area contributed by atoms with Gasteiger partial charge in [0.15, 0.2) is 0 Å². The summed E-state index contributed by atoms with van der Waals surface area (Å²) in [7, 11) is -2.57. The van der Waals surface area contributed by atoms with Gasteiger partial charge in [-0.15, -0.1) is 0 Å².